The van der Waals surface area contributed by atoms with E-state index in [0.29, 0.717) is 12.5 Å². The molecule has 0 unspecified atom stereocenters. The van der Waals surface area contributed by atoms with Crippen LogP contribution in [0.3, 0.4) is 0 Å². The molecule has 0 aliphatic rings. The quantitative estimate of drug-likeness (QED) is 0.525. The SMILES string of the molecule is COCCC(C)(C)CNC(=NCC(=O)N(C)C)NCc1cccs1. The second kappa shape index (κ2) is 10.3. The van der Waals surface area contributed by atoms with Crippen molar-refractivity contribution < 1.29 is 9.53 Å². The lowest BCUT2D eigenvalue weighted by Gasteiger charge is -2.26. The van der Waals surface area contributed by atoms with Crippen molar-refractivity contribution in [1.29, 1.82) is 0 Å². The van der Waals surface area contributed by atoms with Gasteiger partial charge in [-0.25, -0.2) is 4.99 Å². The molecule has 136 valence electrons. The molecule has 0 spiro atoms. The first kappa shape index (κ1) is 20.4. The number of nitrogens with one attached hydrogen (secondary N) is 2. The normalized spacial score (nSPS) is 12.1. The number of likely N-dealkylation sites (N-methyl/N-ethyl adjacent to an activating group) is 1. The van der Waals surface area contributed by atoms with Gasteiger partial charge in [-0.1, -0.05) is 19.9 Å². The summed E-state index contributed by atoms with van der Waals surface area (Å²) < 4.78 is 5.16. The maximum atomic E-state index is 11.8. The second-order valence-corrected chi connectivity index (χ2v) is 7.68. The standard InChI is InChI=1S/C17H30N4O2S/c1-17(2,8-9-23-5)13-20-16(19-12-15(22)21(3)4)18-11-14-7-6-10-24-14/h6-7,10H,8-9,11-13H2,1-5H3,(H2,18,19,20). The van der Waals surface area contributed by atoms with Gasteiger partial charge in [-0.05, 0) is 23.3 Å². The molecule has 0 aliphatic carbocycles. The summed E-state index contributed by atoms with van der Waals surface area (Å²) in [7, 11) is 5.18. The predicted octanol–water partition coefficient (Wildman–Crippen LogP) is 1.93. The van der Waals surface area contributed by atoms with Gasteiger partial charge in [0.15, 0.2) is 5.96 Å². The van der Waals surface area contributed by atoms with E-state index in [1.54, 1.807) is 37.4 Å². The molecule has 0 bridgehead atoms. The average Bonchev–Trinajstić information content (AvgIpc) is 3.05. The van der Waals surface area contributed by atoms with Gasteiger partial charge in [0, 0.05) is 39.2 Å². The fourth-order valence-corrected chi connectivity index (χ4v) is 2.48. The van der Waals surface area contributed by atoms with E-state index in [-0.39, 0.29) is 17.9 Å². The lowest BCUT2D eigenvalue weighted by molar-refractivity contribution is -0.127. The van der Waals surface area contributed by atoms with Gasteiger partial charge in [0.2, 0.25) is 5.91 Å². The van der Waals surface area contributed by atoms with Gasteiger partial charge in [0.05, 0.1) is 6.54 Å². The fourth-order valence-electron chi connectivity index (χ4n) is 1.84. The van der Waals surface area contributed by atoms with Crippen LogP contribution in [0.5, 0.6) is 0 Å². The van der Waals surface area contributed by atoms with Crippen LogP contribution in [0.15, 0.2) is 22.5 Å². The minimum atomic E-state index is -0.0223. The number of hydrogen-bond donors (Lipinski definition) is 2. The van der Waals surface area contributed by atoms with Crippen molar-refractivity contribution in [2.75, 3.05) is 40.9 Å². The molecule has 1 heterocycles. The maximum Gasteiger partial charge on any atom is 0.243 e. The zero-order valence-corrected chi connectivity index (χ0v) is 16.2. The Morgan fingerprint density at radius 3 is 2.71 bits per heavy atom. The molecule has 1 amide bonds. The Morgan fingerprint density at radius 1 is 1.38 bits per heavy atom. The number of rotatable bonds is 9. The minimum Gasteiger partial charge on any atom is -0.385 e. The molecule has 0 fully saturated rings. The van der Waals surface area contributed by atoms with Crippen LogP contribution < -0.4 is 10.6 Å². The van der Waals surface area contributed by atoms with Gasteiger partial charge in [-0.15, -0.1) is 11.3 Å². The van der Waals surface area contributed by atoms with E-state index in [1.165, 1.54) is 4.88 Å². The summed E-state index contributed by atoms with van der Waals surface area (Å²) in [6.07, 6.45) is 0.950. The molecule has 1 aromatic rings. The Hall–Kier alpha value is -1.60. The van der Waals surface area contributed by atoms with Gasteiger partial charge >= 0.3 is 0 Å². The molecule has 0 radical (unpaired) electrons. The first-order chi connectivity index (χ1) is 11.3. The smallest absolute Gasteiger partial charge is 0.243 e. The van der Waals surface area contributed by atoms with E-state index >= 15 is 0 Å². The Labute approximate surface area is 149 Å². The van der Waals surface area contributed by atoms with Crippen LogP contribution in [-0.2, 0) is 16.1 Å². The zero-order valence-electron chi connectivity index (χ0n) is 15.4. The third kappa shape index (κ3) is 8.31. The van der Waals surface area contributed by atoms with Crippen molar-refractivity contribution in [3.63, 3.8) is 0 Å². The molecule has 0 saturated carbocycles. The number of aliphatic imine (C=N–C) groups is 1. The topological polar surface area (TPSA) is 66.0 Å². The van der Waals surface area contributed by atoms with E-state index < -0.39 is 0 Å². The van der Waals surface area contributed by atoms with Gasteiger partial charge < -0.3 is 20.3 Å². The summed E-state index contributed by atoms with van der Waals surface area (Å²) in [4.78, 5) is 18.9. The number of guanidine groups is 1. The summed E-state index contributed by atoms with van der Waals surface area (Å²) >= 11 is 1.69. The van der Waals surface area contributed by atoms with E-state index in [1.807, 2.05) is 11.4 Å². The molecule has 1 rings (SSSR count). The summed E-state index contributed by atoms with van der Waals surface area (Å²) in [5.74, 6) is 0.634. The molecule has 0 saturated heterocycles. The first-order valence-electron chi connectivity index (χ1n) is 8.08. The molecule has 24 heavy (non-hydrogen) atoms. The van der Waals surface area contributed by atoms with E-state index in [0.717, 1.165) is 19.6 Å². The predicted molar refractivity (Wildman–Crippen MR) is 100 cm³/mol. The van der Waals surface area contributed by atoms with Crippen molar-refractivity contribution in [3.05, 3.63) is 22.4 Å². The Kier molecular flexibility index (Phi) is 8.78. The molecule has 0 atom stereocenters. The van der Waals surface area contributed by atoms with Crippen LogP contribution in [-0.4, -0.2) is 57.7 Å². The third-order valence-corrected chi connectivity index (χ3v) is 4.48. The van der Waals surface area contributed by atoms with Gasteiger partial charge in [0.25, 0.3) is 0 Å². The van der Waals surface area contributed by atoms with Crippen molar-refractivity contribution in [2.45, 2.75) is 26.8 Å². The van der Waals surface area contributed by atoms with Gasteiger partial charge in [0.1, 0.15) is 6.54 Å². The number of carbonyl (C=O) groups excluding carboxylic acids is 1. The van der Waals surface area contributed by atoms with Crippen LogP contribution in [0.4, 0.5) is 0 Å². The van der Waals surface area contributed by atoms with E-state index in [9.17, 15) is 4.79 Å². The van der Waals surface area contributed by atoms with Crippen LogP contribution in [0, 0.1) is 5.41 Å². The summed E-state index contributed by atoms with van der Waals surface area (Å²) in [6.45, 7) is 6.66. The number of ether oxygens (including phenoxy) is 1. The van der Waals surface area contributed by atoms with Crippen molar-refractivity contribution in [1.82, 2.24) is 15.5 Å². The molecule has 0 aliphatic heterocycles. The second-order valence-electron chi connectivity index (χ2n) is 6.65. The average molecular weight is 355 g/mol. The van der Waals surface area contributed by atoms with Crippen molar-refractivity contribution >= 4 is 23.2 Å². The lowest BCUT2D eigenvalue weighted by Crippen LogP contribution is -2.42. The minimum absolute atomic E-state index is 0.0223. The van der Waals surface area contributed by atoms with Crippen LogP contribution >= 0.6 is 11.3 Å². The molecule has 2 N–H and O–H groups in total. The van der Waals surface area contributed by atoms with Gasteiger partial charge in [-0.3, -0.25) is 4.79 Å². The van der Waals surface area contributed by atoms with Crippen LogP contribution in [0.1, 0.15) is 25.1 Å². The van der Waals surface area contributed by atoms with E-state index in [4.69, 9.17) is 4.74 Å². The Morgan fingerprint density at radius 2 is 2.12 bits per heavy atom. The number of hydrogen-bond acceptors (Lipinski definition) is 4. The molecule has 6 nitrogen and oxygen atoms in total. The Balaban J connectivity index is 2.62. The van der Waals surface area contributed by atoms with Gasteiger partial charge in [-0.2, -0.15) is 0 Å². The highest BCUT2D eigenvalue weighted by molar-refractivity contribution is 7.09. The molecule has 1 aromatic heterocycles. The number of amides is 1. The first-order valence-corrected chi connectivity index (χ1v) is 8.96. The highest BCUT2D eigenvalue weighted by atomic mass is 32.1. The fraction of sp³-hybridized carbons (Fsp3) is 0.647. The molecule has 0 aromatic carbocycles. The molecular formula is C17H30N4O2S. The summed E-state index contributed by atoms with van der Waals surface area (Å²) in [5, 5.41) is 8.68. The number of methoxy groups -OCH3 is 1. The number of nitrogens with zero attached hydrogens (tertiary/aromatic N) is 2. The van der Waals surface area contributed by atoms with Crippen molar-refractivity contribution in [2.24, 2.45) is 10.4 Å². The number of carbonyl (C=O) groups is 1. The highest BCUT2D eigenvalue weighted by Gasteiger charge is 2.18. The molecular weight excluding hydrogens is 324 g/mol. The third-order valence-electron chi connectivity index (χ3n) is 3.60. The van der Waals surface area contributed by atoms with Crippen LogP contribution in [0.25, 0.3) is 0 Å². The van der Waals surface area contributed by atoms with Crippen molar-refractivity contribution in [3.8, 4) is 0 Å². The maximum absolute atomic E-state index is 11.8. The Bertz CT molecular complexity index is 513. The van der Waals surface area contributed by atoms with Crippen LogP contribution in [0.2, 0.25) is 0 Å². The lowest BCUT2D eigenvalue weighted by atomic mass is 9.90. The summed E-state index contributed by atoms with van der Waals surface area (Å²) in [6, 6.07) is 4.10. The molecule has 7 heteroatoms. The van der Waals surface area contributed by atoms with E-state index in [2.05, 4.69) is 35.5 Å². The highest BCUT2D eigenvalue weighted by Crippen LogP contribution is 2.18. The summed E-state index contributed by atoms with van der Waals surface area (Å²) in [5.41, 5.74) is 0.0763. The number of thiophene rings is 1. The monoisotopic (exact) mass is 354 g/mol. The zero-order chi connectivity index (χ0) is 18.0. The largest absolute Gasteiger partial charge is 0.385 e.